The fourth-order valence-corrected chi connectivity index (χ4v) is 12.3. The van der Waals surface area contributed by atoms with Crippen LogP contribution in [0.1, 0.15) is 145 Å². The Labute approximate surface area is 280 Å². The minimum absolute atomic E-state index is 0.592. The minimum Gasteiger partial charge on any atom is -0.492 e. The fraction of sp³-hybridized carbons (Fsp3) is 0.674. The van der Waals surface area contributed by atoms with Crippen molar-refractivity contribution in [1.29, 1.82) is 0 Å². The van der Waals surface area contributed by atoms with Crippen LogP contribution in [0.3, 0.4) is 0 Å². The van der Waals surface area contributed by atoms with E-state index in [-0.39, 0.29) is 0 Å². The Morgan fingerprint density at radius 3 is 1.76 bits per heavy atom. The molecule has 46 heavy (non-hydrogen) atoms. The van der Waals surface area contributed by atoms with Gasteiger partial charge in [0, 0.05) is 11.3 Å². The standard InChI is InChI=1S/C22H29N.C21H31NO/c1-4-5-16-12-19-15(13-21(16)23)7-8-18-17(19)10-11-22(3)14(2)6-9-20(18)22;1-4-23-20-12-17-14(11-19(20)22)6-7-16-15(17)9-10-21(3)13(2)5-8-18(16)21/h12-14,17-18,20H,6-11,23H2,1-3H3;11-13,15-16,18H,4-10,22H2,1-3H3/t;13?,15?,16?,18?,21-/m.1/s1. The smallest absolute Gasteiger partial charge is 0.142 e. The van der Waals surface area contributed by atoms with Gasteiger partial charge in [0.1, 0.15) is 5.75 Å². The molecule has 3 nitrogen and oxygen atoms in total. The van der Waals surface area contributed by atoms with Crippen LogP contribution < -0.4 is 16.2 Å². The number of hydrogen-bond acceptors (Lipinski definition) is 3. The zero-order valence-electron chi connectivity index (χ0n) is 29.7. The molecule has 0 heterocycles. The number of fused-ring (bicyclic) bond motifs is 10. The highest BCUT2D eigenvalue weighted by Gasteiger charge is 2.54. The molecule has 4 N–H and O–H groups in total. The first-order valence-corrected chi connectivity index (χ1v) is 19.0. The van der Waals surface area contributed by atoms with Gasteiger partial charge in [-0.2, -0.15) is 0 Å². The molecule has 6 aliphatic rings. The summed E-state index contributed by atoms with van der Waals surface area (Å²) in [5.74, 6) is 14.1. The summed E-state index contributed by atoms with van der Waals surface area (Å²) >= 11 is 0. The van der Waals surface area contributed by atoms with Crippen LogP contribution >= 0.6 is 0 Å². The van der Waals surface area contributed by atoms with Crippen molar-refractivity contribution < 1.29 is 4.74 Å². The number of anilines is 2. The molecule has 4 saturated carbocycles. The zero-order chi connectivity index (χ0) is 32.4. The molecule has 0 amide bonds. The van der Waals surface area contributed by atoms with Crippen molar-refractivity contribution in [2.45, 2.75) is 130 Å². The van der Waals surface area contributed by atoms with Gasteiger partial charge in [-0.15, -0.1) is 5.92 Å². The van der Waals surface area contributed by atoms with Gasteiger partial charge in [0.05, 0.1) is 12.3 Å². The van der Waals surface area contributed by atoms with E-state index in [0.29, 0.717) is 17.4 Å². The molecule has 6 aliphatic carbocycles. The lowest BCUT2D eigenvalue weighted by Gasteiger charge is -2.50. The van der Waals surface area contributed by atoms with Gasteiger partial charge < -0.3 is 16.2 Å². The number of nitrogen functional groups attached to an aromatic ring is 2. The molecule has 0 saturated heterocycles. The van der Waals surface area contributed by atoms with Gasteiger partial charge in [0.15, 0.2) is 0 Å². The van der Waals surface area contributed by atoms with Crippen LogP contribution in [0.2, 0.25) is 0 Å². The Morgan fingerprint density at radius 2 is 1.24 bits per heavy atom. The molecule has 248 valence electrons. The molecule has 4 fully saturated rings. The van der Waals surface area contributed by atoms with Gasteiger partial charge in [-0.25, -0.2) is 0 Å². The molecule has 0 radical (unpaired) electrons. The van der Waals surface area contributed by atoms with Crippen LogP contribution in [-0.4, -0.2) is 6.61 Å². The fourth-order valence-electron chi connectivity index (χ4n) is 12.3. The molecule has 10 atom stereocenters. The first kappa shape index (κ1) is 32.0. The summed E-state index contributed by atoms with van der Waals surface area (Å²) in [7, 11) is 0. The Bertz CT molecular complexity index is 1530. The van der Waals surface area contributed by atoms with Crippen LogP contribution in [0.5, 0.6) is 5.75 Å². The highest BCUT2D eigenvalue weighted by molar-refractivity contribution is 5.61. The molecule has 0 aromatic heterocycles. The van der Waals surface area contributed by atoms with Gasteiger partial charge in [0.2, 0.25) is 0 Å². The maximum Gasteiger partial charge on any atom is 0.142 e. The third-order valence-corrected chi connectivity index (χ3v) is 15.3. The average molecular weight is 621 g/mol. The molecule has 2 aromatic rings. The maximum absolute atomic E-state index is 6.22. The van der Waals surface area contributed by atoms with E-state index in [4.69, 9.17) is 16.2 Å². The Hall–Kier alpha value is -2.60. The maximum atomic E-state index is 6.22. The van der Waals surface area contributed by atoms with Crippen molar-refractivity contribution in [3.63, 3.8) is 0 Å². The second-order valence-corrected chi connectivity index (χ2v) is 16.9. The van der Waals surface area contributed by atoms with Gasteiger partial charge in [0.25, 0.3) is 0 Å². The first-order valence-electron chi connectivity index (χ1n) is 19.0. The van der Waals surface area contributed by atoms with Crippen LogP contribution in [0.4, 0.5) is 11.4 Å². The molecule has 9 unspecified atom stereocenters. The molecular weight excluding hydrogens is 560 g/mol. The number of hydrogen-bond donors (Lipinski definition) is 2. The monoisotopic (exact) mass is 620 g/mol. The van der Waals surface area contributed by atoms with E-state index in [1.54, 1.807) is 11.1 Å². The van der Waals surface area contributed by atoms with E-state index < -0.39 is 0 Å². The van der Waals surface area contributed by atoms with E-state index in [0.717, 1.165) is 70.0 Å². The number of benzene rings is 2. The lowest BCUT2D eigenvalue weighted by molar-refractivity contribution is 0.0336. The largest absolute Gasteiger partial charge is 0.492 e. The van der Waals surface area contributed by atoms with Crippen LogP contribution in [0, 0.1) is 58.2 Å². The lowest BCUT2D eigenvalue weighted by atomic mass is 9.54. The predicted molar refractivity (Wildman–Crippen MR) is 193 cm³/mol. The summed E-state index contributed by atoms with van der Waals surface area (Å²) in [6.07, 6.45) is 16.4. The molecule has 8 rings (SSSR count). The van der Waals surface area contributed by atoms with Crippen molar-refractivity contribution in [2.75, 3.05) is 18.1 Å². The third kappa shape index (κ3) is 5.07. The van der Waals surface area contributed by atoms with Crippen LogP contribution in [-0.2, 0) is 12.8 Å². The summed E-state index contributed by atoms with van der Waals surface area (Å²) in [5, 5.41) is 0. The van der Waals surface area contributed by atoms with E-state index in [1.807, 2.05) is 13.8 Å². The number of aryl methyl sites for hydroxylation is 2. The summed E-state index contributed by atoms with van der Waals surface area (Å²) < 4.78 is 5.78. The van der Waals surface area contributed by atoms with Gasteiger partial charge >= 0.3 is 0 Å². The normalized spacial score (nSPS) is 38.3. The van der Waals surface area contributed by atoms with Gasteiger partial charge in [-0.3, -0.25) is 0 Å². The Morgan fingerprint density at radius 1 is 0.717 bits per heavy atom. The number of rotatable bonds is 2. The average Bonchev–Trinajstić information content (AvgIpc) is 3.52. The zero-order valence-corrected chi connectivity index (χ0v) is 29.7. The summed E-state index contributed by atoms with van der Waals surface area (Å²) in [5.41, 5.74) is 22.5. The summed E-state index contributed by atoms with van der Waals surface area (Å²) in [6.45, 7) is 14.8. The highest BCUT2D eigenvalue weighted by Crippen LogP contribution is 2.64. The number of nitrogens with two attached hydrogens (primary N) is 2. The van der Waals surface area contributed by atoms with Crippen molar-refractivity contribution in [3.05, 3.63) is 52.1 Å². The van der Waals surface area contributed by atoms with Crippen molar-refractivity contribution >= 4 is 11.4 Å². The Balaban J connectivity index is 0.000000147. The quantitative estimate of drug-likeness (QED) is 0.259. The predicted octanol–water partition coefficient (Wildman–Crippen LogP) is 10.3. The Kier molecular flexibility index (Phi) is 8.43. The third-order valence-electron chi connectivity index (χ3n) is 15.3. The molecule has 0 bridgehead atoms. The topological polar surface area (TPSA) is 61.3 Å². The number of ether oxygens (including phenoxy) is 1. The summed E-state index contributed by atoms with van der Waals surface area (Å²) in [4.78, 5) is 0. The van der Waals surface area contributed by atoms with Crippen LogP contribution in [0.15, 0.2) is 24.3 Å². The van der Waals surface area contributed by atoms with E-state index >= 15 is 0 Å². The highest BCUT2D eigenvalue weighted by atomic mass is 16.5. The van der Waals surface area contributed by atoms with Crippen molar-refractivity contribution in [2.24, 2.45) is 46.3 Å². The molecular formula is C43H60N2O. The first-order chi connectivity index (χ1) is 22.1. The molecule has 0 spiro atoms. The molecule has 2 aromatic carbocycles. The summed E-state index contributed by atoms with van der Waals surface area (Å²) in [6, 6.07) is 9.03. The molecule has 3 heteroatoms. The van der Waals surface area contributed by atoms with E-state index in [2.05, 4.69) is 63.8 Å². The second kappa shape index (κ2) is 12.1. The van der Waals surface area contributed by atoms with E-state index in [1.165, 1.54) is 88.2 Å². The van der Waals surface area contributed by atoms with Gasteiger partial charge in [-0.1, -0.05) is 33.6 Å². The molecule has 0 aliphatic heterocycles. The minimum atomic E-state index is 0.592. The second-order valence-electron chi connectivity index (χ2n) is 16.9. The lowest BCUT2D eigenvalue weighted by Crippen LogP contribution is -2.41. The van der Waals surface area contributed by atoms with Crippen molar-refractivity contribution in [3.8, 4) is 17.6 Å². The van der Waals surface area contributed by atoms with Gasteiger partial charge in [-0.05, 0) is 196 Å². The SMILES string of the molecule is CC#Cc1cc2c(cc1N)CCC1C2CCC2(C)C(C)CCC12.CCOc1cc2c(cc1N)CCC1C2CC[C@]2(C)C(C)CCC12. The van der Waals surface area contributed by atoms with Crippen molar-refractivity contribution in [1.82, 2.24) is 0 Å². The van der Waals surface area contributed by atoms with E-state index in [9.17, 15) is 0 Å². The van der Waals surface area contributed by atoms with Crippen LogP contribution in [0.25, 0.3) is 0 Å².